The summed E-state index contributed by atoms with van der Waals surface area (Å²) in [5, 5.41) is 3.37. The van der Waals surface area contributed by atoms with Gasteiger partial charge in [-0.3, -0.25) is 9.59 Å². The maximum atomic E-state index is 13.4. The number of H-pyrrole nitrogens is 1. The van der Waals surface area contributed by atoms with Crippen LogP contribution in [0, 0.1) is 6.92 Å². The molecule has 0 aliphatic heterocycles. The zero-order valence-electron chi connectivity index (χ0n) is 18.5. The van der Waals surface area contributed by atoms with Crippen molar-refractivity contribution in [3.63, 3.8) is 0 Å². The van der Waals surface area contributed by atoms with Crippen molar-refractivity contribution in [2.45, 2.75) is 19.1 Å². The van der Waals surface area contributed by atoms with Gasteiger partial charge in [0, 0.05) is 7.05 Å². The Morgan fingerprint density at radius 3 is 2.60 bits per heavy atom. The Kier molecular flexibility index (Phi) is 5.43. The van der Waals surface area contributed by atoms with Gasteiger partial charge in [-0.05, 0) is 35.7 Å². The Morgan fingerprint density at radius 2 is 1.89 bits per heavy atom. The zero-order valence-corrected chi connectivity index (χ0v) is 19.3. The quantitative estimate of drug-likeness (QED) is 0.376. The molecular formula is C24H18F3N5O2S. The Hall–Kier alpha value is -3.99. The van der Waals surface area contributed by atoms with Gasteiger partial charge in [0.1, 0.15) is 4.83 Å². The number of halogens is 3. The topological polar surface area (TPSA) is 92.7 Å². The number of imidazole rings is 1. The molecule has 11 heteroatoms. The van der Waals surface area contributed by atoms with Crippen molar-refractivity contribution >= 4 is 38.5 Å². The van der Waals surface area contributed by atoms with E-state index < -0.39 is 23.9 Å². The normalized spacial score (nSPS) is 12.8. The van der Waals surface area contributed by atoms with Gasteiger partial charge in [-0.25, -0.2) is 9.97 Å². The van der Waals surface area contributed by atoms with Gasteiger partial charge in [0.15, 0.2) is 0 Å². The number of thiophene rings is 1. The summed E-state index contributed by atoms with van der Waals surface area (Å²) in [5.74, 6) is -1.50. The van der Waals surface area contributed by atoms with Crippen LogP contribution in [0.1, 0.15) is 38.2 Å². The Labute approximate surface area is 200 Å². The third-order valence-electron chi connectivity index (χ3n) is 5.73. The van der Waals surface area contributed by atoms with Gasteiger partial charge in [-0.1, -0.05) is 36.4 Å². The molecule has 2 N–H and O–H groups in total. The van der Waals surface area contributed by atoms with Crippen LogP contribution in [0.25, 0.3) is 21.3 Å². The molecule has 0 aliphatic carbocycles. The third-order valence-corrected chi connectivity index (χ3v) is 6.93. The molecule has 3 heterocycles. The van der Waals surface area contributed by atoms with E-state index in [1.807, 2.05) is 30.3 Å². The van der Waals surface area contributed by atoms with Crippen LogP contribution in [0.4, 0.5) is 13.2 Å². The van der Waals surface area contributed by atoms with E-state index in [4.69, 9.17) is 0 Å². The number of hydrogen-bond donors (Lipinski definition) is 2. The van der Waals surface area contributed by atoms with Crippen LogP contribution in [0.3, 0.4) is 0 Å². The number of benzene rings is 2. The van der Waals surface area contributed by atoms with Crippen LogP contribution in [-0.2, 0) is 13.2 Å². The van der Waals surface area contributed by atoms with Crippen molar-refractivity contribution in [1.29, 1.82) is 0 Å². The molecular weight excluding hydrogens is 479 g/mol. The summed E-state index contributed by atoms with van der Waals surface area (Å²) in [6.45, 7) is 1.70. The molecule has 178 valence electrons. The second kappa shape index (κ2) is 8.35. The molecule has 3 aromatic heterocycles. The van der Waals surface area contributed by atoms with Crippen molar-refractivity contribution < 1.29 is 18.0 Å². The number of alkyl halides is 3. The molecule has 35 heavy (non-hydrogen) atoms. The monoisotopic (exact) mass is 497 g/mol. The summed E-state index contributed by atoms with van der Waals surface area (Å²) in [5.41, 5.74) is 1.97. The third kappa shape index (κ3) is 4.08. The summed E-state index contributed by atoms with van der Waals surface area (Å²) in [6.07, 6.45) is -3.19. The molecule has 1 atom stereocenters. The Morgan fingerprint density at radius 1 is 1.14 bits per heavy atom. The van der Waals surface area contributed by atoms with Crippen molar-refractivity contribution in [2.75, 3.05) is 0 Å². The molecule has 0 bridgehead atoms. The van der Waals surface area contributed by atoms with Crippen LogP contribution in [-0.4, -0.2) is 25.4 Å². The molecule has 1 unspecified atom stereocenters. The van der Waals surface area contributed by atoms with E-state index in [1.54, 1.807) is 26.1 Å². The van der Waals surface area contributed by atoms with E-state index in [2.05, 4.69) is 20.3 Å². The highest BCUT2D eigenvalue weighted by Gasteiger charge is 2.35. The summed E-state index contributed by atoms with van der Waals surface area (Å²) >= 11 is 1.12. The Balaban J connectivity index is 1.57. The lowest BCUT2D eigenvalue weighted by molar-refractivity contribution is -0.144. The van der Waals surface area contributed by atoms with Crippen LogP contribution < -0.4 is 10.9 Å². The molecule has 0 aliphatic rings. The predicted molar refractivity (Wildman–Crippen MR) is 126 cm³/mol. The van der Waals surface area contributed by atoms with Gasteiger partial charge in [0.05, 0.1) is 33.7 Å². The number of nitrogens with zero attached hydrogens (tertiary/aromatic N) is 3. The van der Waals surface area contributed by atoms with Crippen LogP contribution in [0.5, 0.6) is 0 Å². The maximum Gasteiger partial charge on any atom is 0.449 e. The highest BCUT2D eigenvalue weighted by Crippen LogP contribution is 2.32. The second-order valence-corrected chi connectivity index (χ2v) is 9.07. The number of aromatic amines is 1. The maximum absolute atomic E-state index is 13.4. The van der Waals surface area contributed by atoms with Gasteiger partial charge < -0.3 is 14.9 Å². The molecule has 2 aromatic carbocycles. The zero-order chi connectivity index (χ0) is 24.9. The lowest BCUT2D eigenvalue weighted by atomic mass is 9.98. The molecule has 0 radical (unpaired) electrons. The van der Waals surface area contributed by atoms with Crippen molar-refractivity contribution in [2.24, 2.45) is 7.05 Å². The SMILES string of the molecule is Cc1c(C(=O)NC(c2ccccc2)c2ccc3nc(C(F)(F)F)[nH]c3c2)sc2ncn(C)c(=O)c12. The second-order valence-electron chi connectivity index (χ2n) is 8.07. The molecule has 7 nitrogen and oxygen atoms in total. The van der Waals surface area contributed by atoms with Crippen molar-refractivity contribution in [3.8, 4) is 0 Å². The van der Waals surface area contributed by atoms with Crippen molar-refractivity contribution in [1.82, 2.24) is 24.8 Å². The Bertz CT molecular complexity index is 1640. The van der Waals surface area contributed by atoms with Crippen LogP contribution in [0.2, 0.25) is 0 Å². The minimum absolute atomic E-state index is 0.168. The van der Waals surface area contributed by atoms with Gasteiger partial charge in [-0.15, -0.1) is 11.3 Å². The molecule has 0 fully saturated rings. The first kappa shape index (κ1) is 22.8. The van der Waals surface area contributed by atoms with Crippen LogP contribution in [0.15, 0.2) is 59.7 Å². The summed E-state index contributed by atoms with van der Waals surface area (Å²) < 4.78 is 40.7. The smallest absolute Gasteiger partial charge is 0.340 e. The first-order valence-electron chi connectivity index (χ1n) is 10.5. The number of fused-ring (bicyclic) bond motifs is 2. The van der Waals surface area contributed by atoms with E-state index in [-0.39, 0.29) is 16.6 Å². The van der Waals surface area contributed by atoms with Gasteiger partial charge in [0.2, 0.25) is 5.82 Å². The van der Waals surface area contributed by atoms with E-state index in [1.165, 1.54) is 17.0 Å². The number of carbonyl (C=O) groups is 1. The molecule has 5 aromatic rings. The van der Waals surface area contributed by atoms with Gasteiger partial charge in [0.25, 0.3) is 11.5 Å². The minimum atomic E-state index is -4.60. The first-order chi connectivity index (χ1) is 16.6. The fraction of sp³-hybridized carbons (Fsp3) is 0.167. The summed E-state index contributed by atoms with van der Waals surface area (Å²) in [7, 11) is 1.59. The lowest BCUT2D eigenvalue weighted by Gasteiger charge is -2.20. The molecule has 5 rings (SSSR count). The number of nitrogens with one attached hydrogen (secondary N) is 2. The van der Waals surface area contributed by atoms with E-state index in [0.717, 1.165) is 16.9 Å². The molecule has 0 saturated carbocycles. The molecule has 0 spiro atoms. The number of carbonyl (C=O) groups excluding carboxylic acids is 1. The predicted octanol–water partition coefficient (Wildman–Crippen LogP) is 4.72. The molecule has 1 amide bonds. The molecule has 0 saturated heterocycles. The average molecular weight is 498 g/mol. The van der Waals surface area contributed by atoms with Crippen molar-refractivity contribution in [3.05, 3.63) is 92.6 Å². The highest BCUT2D eigenvalue weighted by molar-refractivity contribution is 7.20. The standard InChI is InChI=1S/C24H18F3N5O2S/c1-12-17-21(28-11-32(2)22(17)34)35-19(12)20(33)31-18(13-6-4-3-5-7-13)14-8-9-15-16(10-14)30-23(29-15)24(25,26)27/h3-11,18H,1-2H3,(H,29,30)(H,31,33). The number of hydrogen-bond acceptors (Lipinski definition) is 5. The fourth-order valence-electron chi connectivity index (χ4n) is 3.97. The lowest BCUT2D eigenvalue weighted by Crippen LogP contribution is -2.29. The largest absolute Gasteiger partial charge is 0.449 e. The van der Waals surface area contributed by atoms with Gasteiger partial charge >= 0.3 is 6.18 Å². The highest BCUT2D eigenvalue weighted by atomic mass is 32.1. The number of aromatic nitrogens is 4. The number of aryl methyl sites for hydroxylation is 2. The number of rotatable bonds is 4. The van der Waals surface area contributed by atoms with E-state index >= 15 is 0 Å². The van der Waals surface area contributed by atoms with Crippen LogP contribution >= 0.6 is 11.3 Å². The van der Waals surface area contributed by atoms with Gasteiger partial charge in [-0.2, -0.15) is 13.2 Å². The minimum Gasteiger partial charge on any atom is -0.340 e. The van der Waals surface area contributed by atoms with E-state index in [0.29, 0.717) is 26.2 Å². The van der Waals surface area contributed by atoms with E-state index in [9.17, 15) is 22.8 Å². The first-order valence-corrected chi connectivity index (χ1v) is 11.3. The fourth-order valence-corrected chi connectivity index (χ4v) is 5.01. The average Bonchev–Trinajstić information content (AvgIpc) is 3.41. The number of amides is 1. The summed E-state index contributed by atoms with van der Waals surface area (Å²) in [4.78, 5) is 36.9. The summed E-state index contributed by atoms with van der Waals surface area (Å²) in [6, 6.07) is 13.1.